The molecule has 1 aliphatic heterocycles. The number of pyridine rings is 1. The third-order valence-electron chi connectivity index (χ3n) is 7.35. The van der Waals surface area contributed by atoms with E-state index in [0.29, 0.717) is 29.2 Å². The molecule has 0 radical (unpaired) electrons. The fourth-order valence-corrected chi connectivity index (χ4v) is 4.91. The number of benzene rings is 1. The first kappa shape index (κ1) is 28.4. The lowest BCUT2D eigenvalue weighted by atomic mass is 10.1. The standard InChI is InChI=1S/C28H32F3N5O2Si/c1-18-16-35(23-11-9-22(10-12-23)28(29,30)31)26(37)25-20(15-34-36(18)25)8-7-19-14-33-24(32)13-21(19)17-38-39(5,6)27(2,3)4/h9-15,18H,16-17H2,1-6H3,(H2,32,33)/t18-/m0/s1. The molecular formula is C28H32F3N5O2Si. The zero-order valence-corrected chi connectivity index (χ0v) is 23.8. The van der Waals surface area contributed by atoms with Gasteiger partial charge < -0.3 is 15.1 Å². The number of nitrogen functional groups attached to an aromatic ring is 1. The van der Waals surface area contributed by atoms with E-state index in [4.69, 9.17) is 10.2 Å². The van der Waals surface area contributed by atoms with Gasteiger partial charge in [0.2, 0.25) is 0 Å². The molecule has 1 aromatic carbocycles. The number of halogens is 3. The molecule has 0 fully saturated rings. The number of alkyl halides is 3. The first-order valence-electron chi connectivity index (χ1n) is 12.6. The second kappa shape index (κ2) is 10.2. The van der Waals surface area contributed by atoms with Crippen molar-refractivity contribution in [3.05, 3.63) is 70.7 Å². The molecule has 0 spiro atoms. The average Bonchev–Trinajstić information content (AvgIpc) is 3.28. The highest BCUT2D eigenvalue weighted by molar-refractivity contribution is 6.74. The van der Waals surface area contributed by atoms with E-state index in [1.807, 2.05) is 6.92 Å². The van der Waals surface area contributed by atoms with E-state index >= 15 is 0 Å². The van der Waals surface area contributed by atoms with Crippen molar-refractivity contribution in [2.45, 2.75) is 64.7 Å². The molecule has 206 valence electrons. The molecule has 3 aromatic rings. The van der Waals surface area contributed by atoms with Crippen LogP contribution >= 0.6 is 0 Å². The van der Waals surface area contributed by atoms with Crippen LogP contribution in [-0.4, -0.2) is 35.5 Å². The van der Waals surface area contributed by atoms with Gasteiger partial charge in [0.05, 0.1) is 30.0 Å². The van der Waals surface area contributed by atoms with Gasteiger partial charge in [0, 0.05) is 24.0 Å². The van der Waals surface area contributed by atoms with Crippen molar-refractivity contribution in [2.24, 2.45) is 0 Å². The van der Waals surface area contributed by atoms with Crippen LogP contribution in [0.15, 0.2) is 42.7 Å². The summed E-state index contributed by atoms with van der Waals surface area (Å²) in [5.41, 5.74) is 7.66. The minimum Gasteiger partial charge on any atom is -0.413 e. The molecule has 0 bridgehead atoms. The molecule has 0 saturated carbocycles. The van der Waals surface area contributed by atoms with Gasteiger partial charge in [0.25, 0.3) is 5.91 Å². The number of rotatable bonds is 4. The smallest absolute Gasteiger partial charge is 0.413 e. The van der Waals surface area contributed by atoms with Crippen LogP contribution in [0.4, 0.5) is 24.7 Å². The van der Waals surface area contributed by atoms with Crippen molar-refractivity contribution < 1.29 is 22.4 Å². The molecule has 2 aromatic heterocycles. The summed E-state index contributed by atoms with van der Waals surface area (Å²) in [6.45, 7) is 13.3. The molecule has 0 unspecified atom stereocenters. The number of nitrogens with zero attached hydrogens (tertiary/aromatic N) is 4. The largest absolute Gasteiger partial charge is 0.416 e. The summed E-state index contributed by atoms with van der Waals surface area (Å²) >= 11 is 0. The van der Waals surface area contributed by atoms with E-state index in [-0.39, 0.29) is 29.2 Å². The number of amides is 1. The van der Waals surface area contributed by atoms with Crippen LogP contribution in [-0.2, 0) is 17.2 Å². The van der Waals surface area contributed by atoms with Crippen molar-refractivity contribution in [3.8, 4) is 11.8 Å². The highest BCUT2D eigenvalue weighted by Gasteiger charge is 2.37. The highest BCUT2D eigenvalue weighted by atomic mass is 28.4. The quantitative estimate of drug-likeness (QED) is 0.314. The monoisotopic (exact) mass is 555 g/mol. The minimum atomic E-state index is -4.45. The molecule has 11 heteroatoms. The van der Waals surface area contributed by atoms with Crippen LogP contribution in [0.5, 0.6) is 0 Å². The Morgan fingerprint density at radius 3 is 2.36 bits per heavy atom. The molecule has 1 aliphatic rings. The maximum atomic E-state index is 13.5. The number of aromatic nitrogens is 3. The van der Waals surface area contributed by atoms with Gasteiger partial charge in [-0.1, -0.05) is 32.6 Å². The highest BCUT2D eigenvalue weighted by Crippen LogP contribution is 2.37. The average molecular weight is 556 g/mol. The number of nitrogens with two attached hydrogens (primary N) is 1. The van der Waals surface area contributed by atoms with Gasteiger partial charge in [0.15, 0.2) is 8.32 Å². The third kappa shape index (κ3) is 5.87. The molecular weight excluding hydrogens is 523 g/mol. The van der Waals surface area contributed by atoms with E-state index in [9.17, 15) is 18.0 Å². The first-order valence-corrected chi connectivity index (χ1v) is 15.5. The predicted molar refractivity (Wildman–Crippen MR) is 147 cm³/mol. The lowest BCUT2D eigenvalue weighted by Crippen LogP contribution is -2.43. The number of carbonyl (C=O) groups is 1. The number of hydrogen-bond donors (Lipinski definition) is 1. The van der Waals surface area contributed by atoms with Crippen LogP contribution in [0, 0.1) is 11.8 Å². The zero-order valence-electron chi connectivity index (χ0n) is 22.8. The Labute approximate surface area is 227 Å². The van der Waals surface area contributed by atoms with E-state index in [1.165, 1.54) is 23.2 Å². The Morgan fingerprint density at radius 1 is 1.10 bits per heavy atom. The Morgan fingerprint density at radius 2 is 1.74 bits per heavy atom. The van der Waals surface area contributed by atoms with Gasteiger partial charge in [-0.3, -0.25) is 9.48 Å². The zero-order chi connectivity index (χ0) is 28.8. The van der Waals surface area contributed by atoms with Crippen molar-refractivity contribution >= 4 is 25.7 Å². The SMILES string of the molecule is C[C@H]1CN(c2ccc(C(F)(F)F)cc2)C(=O)c2c(C#Cc3cnc(N)cc3CO[Si](C)(C)C(C)(C)C)cnn21. The van der Waals surface area contributed by atoms with Gasteiger partial charge in [-0.15, -0.1) is 0 Å². The lowest BCUT2D eigenvalue weighted by Gasteiger charge is -2.36. The Bertz CT molecular complexity index is 1450. The normalized spacial score (nSPS) is 16.1. The molecule has 1 amide bonds. The topological polar surface area (TPSA) is 86.3 Å². The van der Waals surface area contributed by atoms with Crippen LogP contribution in [0.25, 0.3) is 0 Å². The summed E-state index contributed by atoms with van der Waals surface area (Å²) in [6.07, 6.45) is -1.34. The van der Waals surface area contributed by atoms with Gasteiger partial charge >= 0.3 is 6.18 Å². The number of hydrogen-bond acceptors (Lipinski definition) is 5. The van der Waals surface area contributed by atoms with Crippen LogP contribution < -0.4 is 10.6 Å². The van der Waals surface area contributed by atoms with Crippen LogP contribution in [0.3, 0.4) is 0 Å². The molecule has 3 heterocycles. The number of fused-ring (bicyclic) bond motifs is 1. The molecule has 0 aliphatic carbocycles. The molecule has 4 rings (SSSR count). The molecule has 1 atom stereocenters. The van der Waals surface area contributed by atoms with Crippen LogP contribution in [0.1, 0.15) is 66.5 Å². The summed E-state index contributed by atoms with van der Waals surface area (Å²) in [7, 11) is -2.03. The van der Waals surface area contributed by atoms with Crippen molar-refractivity contribution in [3.63, 3.8) is 0 Å². The Hall–Kier alpha value is -3.62. The van der Waals surface area contributed by atoms with E-state index in [2.05, 4.69) is 55.8 Å². The summed E-state index contributed by atoms with van der Waals surface area (Å²) in [4.78, 5) is 19.1. The van der Waals surface area contributed by atoms with Crippen LogP contribution in [0.2, 0.25) is 18.1 Å². The Balaban J connectivity index is 1.64. The third-order valence-corrected chi connectivity index (χ3v) is 11.8. The van der Waals surface area contributed by atoms with Crippen molar-refractivity contribution in [1.29, 1.82) is 0 Å². The molecule has 0 saturated heterocycles. The van der Waals surface area contributed by atoms with E-state index in [1.54, 1.807) is 16.9 Å². The first-order chi connectivity index (χ1) is 18.1. The summed E-state index contributed by atoms with van der Waals surface area (Å²) in [5.74, 6) is 6.13. The second-order valence-electron chi connectivity index (χ2n) is 11.2. The lowest BCUT2D eigenvalue weighted by molar-refractivity contribution is -0.137. The van der Waals surface area contributed by atoms with Gasteiger partial charge in [-0.25, -0.2) is 4.98 Å². The summed E-state index contributed by atoms with van der Waals surface area (Å²) < 4.78 is 47.0. The summed E-state index contributed by atoms with van der Waals surface area (Å²) in [6, 6.07) is 6.09. The summed E-state index contributed by atoms with van der Waals surface area (Å²) in [5, 5.41) is 4.40. The molecule has 39 heavy (non-hydrogen) atoms. The number of carbonyl (C=O) groups excluding carboxylic acids is 1. The maximum absolute atomic E-state index is 13.5. The maximum Gasteiger partial charge on any atom is 0.416 e. The molecule has 2 N–H and O–H groups in total. The van der Waals surface area contributed by atoms with Gasteiger partial charge in [0.1, 0.15) is 11.5 Å². The van der Waals surface area contributed by atoms with Gasteiger partial charge in [-0.05, 0) is 61.0 Å². The van der Waals surface area contributed by atoms with E-state index < -0.39 is 20.1 Å². The second-order valence-corrected chi connectivity index (χ2v) is 16.0. The molecule has 7 nitrogen and oxygen atoms in total. The predicted octanol–water partition coefficient (Wildman–Crippen LogP) is 6.02. The number of anilines is 2. The van der Waals surface area contributed by atoms with Gasteiger partial charge in [-0.2, -0.15) is 18.3 Å². The van der Waals surface area contributed by atoms with E-state index in [0.717, 1.165) is 17.7 Å². The van der Waals surface area contributed by atoms with Crippen molar-refractivity contribution in [1.82, 2.24) is 14.8 Å². The fraction of sp³-hybridized carbons (Fsp3) is 0.393. The van der Waals surface area contributed by atoms with Crippen molar-refractivity contribution in [2.75, 3.05) is 17.2 Å². The minimum absolute atomic E-state index is 0.0324. The fourth-order valence-electron chi connectivity index (χ4n) is 3.96. The Kier molecular flexibility index (Phi) is 7.40.